The van der Waals surface area contributed by atoms with Gasteiger partial charge in [-0.1, -0.05) is 11.6 Å². The Labute approximate surface area is 144 Å². The molecular formula is C15H16ClFN2O2S2. The Balaban J connectivity index is 2.01. The number of halogens is 2. The van der Waals surface area contributed by atoms with E-state index in [1.165, 1.54) is 34.8 Å². The minimum Gasteiger partial charge on any atom is -0.246 e. The molecule has 1 atom stereocenters. The lowest BCUT2D eigenvalue weighted by molar-refractivity contribution is 0.339. The Morgan fingerprint density at radius 3 is 2.87 bits per heavy atom. The fourth-order valence-corrected chi connectivity index (χ4v) is 5.65. The number of rotatable bonds is 3. The molecule has 3 rings (SSSR count). The van der Waals surface area contributed by atoms with E-state index in [2.05, 4.69) is 4.98 Å². The van der Waals surface area contributed by atoms with Crippen LogP contribution < -0.4 is 0 Å². The molecule has 1 unspecified atom stereocenters. The summed E-state index contributed by atoms with van der Waals surface area (Å²) in [6.07, 6.45) is 2.43. The molecule has 124 valence electrons. The lowest BCUT2D eigenvalue weighted by atomic mass is 9.98. The minimum absolute atomic E-state index is 0.169. The van der Waals surface area contributed by atoms with Crippen LogP contribution in [0.25, 0.3) is 0 Å². The van der Waals surface area contributed by atoms with E-state index in [9.17, 15) is 12.8 Å². The zero-order valence-corrected chi connectivity index (χ0v) is 15.1. The number of hydrogen-bond acceptors (Lipinski definition) is 4. The van der Waals surface area contributed by atoms with Crippen LogP contribution in [-0.4, -0.2) is 24.8 Å². The van der Waals surface area contributed by atoms with Gasteiger partial charge in [-0.25, -0.2) is 17.8 Å². The molecule has 0 radical (unpaired) electrons. The monoisotopic (exact) mass is 374 g/mol. The number of fused-ring (bicyclic) bond motifs is 1. The molecule has 0 amide bonds. The normalized spacial score (nSPS) is 18.2. The third-order valence-electron chi connectivity index (χ3n) is 4.02. The highest BCUT2D eigenvalue weighted by Gasteiger charge is 2.35. The SMILES string of the molecule is Cc1nc2c(s1)C(N(C)S(=O)(=O)c1ccc(Cl)cc1F)CCC2. The van der Waals surface area contributed by atoms with Gasteiger partial charge in [0.15, 0.2) is 0 Å². The van der Waals surface area contributed by atoms with Crippen molar-refractivity contribution in [3.8, 4) is 0 Å². The number of nitrogens with zero attached hydrogens (tertiary/aromatic N) is 2. The van der Waals surface area contributed by atoms with Crippen LogP contribution in [0, 0.1) is 12.7 Å². The summed E-state index contributed by atoms with van der Waals surface area (Å²) in [5.74, 6) is -0.833. The predicted octanol–water partition coefficient (Wildman–Crippen LogP) is 3.94. The molecule has 23 heavy (non-hydrogen) atoms. The lowest BCUT2D eigenvalue weighted by Gasteiger charge is -2.30. The number of hydrogen-bond donors (Lipinski definition) is 0. The highest BCUT2D eigenvalue weighted by molar-refractivity contribution is 7.89. The van der Waals surface area contributed by atoms with Crippen LogP contribution in [0.1, 0.15) is 34.5 Å². The van der Waals surface area contributed by atoms with E-state index in [-0.39, 0.29) is 16.0 Å². The molecule has 0 saturated carbocycles. The van der Waals surface area contributed by atoms with Gasteiger partial charge < -0.3 is 0 Å². The average molecular weight is 375 g/mol. The molecule has 0 spiro atoms. The van der Waals surface area contributed by atoms with Gasteiger partial charge in [0.05, 0.1) is 16.7 Å². The molecule has 0 saturated heterocycles. The van der Waals surface area contributed by atoms with Crippen molar-refractivity contribution in [3.63, 3.8) is 0 Å². The van der Waals surface area contributed by atoms with E-state index in [0.717, 1.165) is 34.5 Å². The van der Waals surface area contributed by atoms with Crippen LogP contribution in [0.15, 0.2) is 23.1 Å². The van der Waals surface area contributed by atoms with E-state index in [1.807, 2.05) is 6.92 Å². The molecule has 2 aromatic rings. The van der Waals surface area contributed by atoms with Gasteiger partial charge in [0, 0.05) is 16.9 Å². The van der Waals surface area contributed by atoms with Crippen molar-refractivity contribution in [3.05, 3.63) is 44.6 Å². The van der Waals surface area contributed by atoms with E-state index in [0.29, 0.717) is 6.42 Å². The molecule has 0 bridgehead atoms. The summed E-state index contributed by atoms with van der Waals surface area (Å²) in [4.78, 5) is 5.09. The van der Waals surface area contributed by atoms with E-state index < -0.39 is 15.8 Å². The zero-order valence-electron chi connectivity index (χ0n) is 12.7. The van der Waals surface area contributed by atoms with Gasteiger partial charge in [-0.05, 0) is 44.4 Å². The van der Waals surface area contributed by atoms with Gasteiger partial charge in [0.25, 0.3) is 0 Å². The number of aromatic nitrogens is 1. The van der Waals surface area contributed by atoms with Crippen molar-refractivity contribution in [1.82, 2.24) is 9.29 Å². The number of aryl methyl sites for hydroxylation is 2. The smallest absolute Gasteiger partial charge is 0.246 e. The first kappa shape index (κ1) is 16.8. The summed E-state index contributed by atoms with van der Waals surface area (Å²) >= 11 is 7.22. The van der Waals surface area contributed by atoms with Crippen molar-refractivity contribution < 1.29 is 12.8 Å². The van der Waals surface area contributed by atoms with Crippen LogP contribution in [0.4, 0.5) is 4.39 Å². The van der Waals surface area contributed by atoms with E-state index in [1.54, 1.807) is 0 Å². The summed E-state index contributed by atoms with van der Waals surface area (Å²) in [6.45, 7) is 1.91. The average Bonchev–Trinajstić information content (AvgIpc) is 2.86. The minimum atomic E-state index is -3.94. The molecule has 0 N–H and O–H groups in total. The third-order valence-corrected chi connectivity index (χ3v) is 7.27. The Morgan fingerprint density at radius 1 is 1.43 bits per heavy atom. The Hall–Kier alpha value is -1.02. The number of benzene rings is 1. The quantitative estimate of drug-likeness (QED) is 0.817. The number of thiazole rings is 1. The van der Waals surface area contributed by atoms with E-state index in [4.69, 9.17) is 11.6 Å². The van der Waals surface area contributed by atoms with Crippen LogP contribution in [-0.2, 0) is 16.4 Å². The molecule has 0 aliphatic heterocycles. The molecule has 1 heterocycles. The number of sulfonamides is 1. The lowest BCUT2D eigenvalue weighted by Crippen LogP contribution is -2.33. The summed E-state index contributed by atoms with van der Waals surface area (Å²) < 4.78 is 40.9. The largest absolute Gasteiger partial charge is 0.246 e. The first-order valence-corrected chi connectivity index (χ1v) is 9.83. The Kier molecular flexibility index (Phi) is 4.48. The summed E-state index contributed by atoms with van der Waals surface area (Å²) in [7, 11) is -2.44. The second-order valence-corrected chi connectivity index (χ2v) is 9.18. The van der Waals surface area contributed by atoms with Crippen molar-refractivity contribution in [2.45, 2.75) is 37.1 Å². The fraction of sp³-hybridized carbons (Fsp3) is 0.400. The summed E-state index contributed by atoms with van der Waals surface area (Å²) in [5, 5.41) is 1.09. The zero-order chi connectivity index (χ0) is 16.8. The van der Waals surface area contributed by atoms with Crippen molar-refractivity contribution in [2.75, 3.05) is 7.05 Å². The van der Waals surface area contributed by atoms with Gasteiger partial charge >= 0.3 is 0 Å². The molecule has 4 nitrogen and oxygen atoms in total. The van der Waals surface area contributed by atoms with Crippen molar-refractivity contribution >= 4 is 33.0 Å². The maximum Gasteiger partial charge on any atom is 0.246 e. The molecule has 1 aliphatic carbocycles. The van der Waals surface area contributed by atoms with Gasteiger partial charge in [-0.3, -0.25) is 0 Å². The van der Waals surface area contributed by atoms with Crippen LogP contribution in [0.5, 0.6) is 0 Å². The first-order chi connectivity index (χ1) is 10.8. The summed E-state index contributed by atoms with van der Waals surface area (Å²) in [5.41, 5.74) is 0.961. The van der Waals surface area contributed by atoms with Gasteiger partial charge in [0.2, 0.25) is 10.0 Å². The summed E-state index contributed by atoms with van der Waals surface area (Å²) in [6, 6.07) is 3.32. The maximum atomic E-state index is 14.1. The standard InChI is InChI=1S/C15H16ClFN2O2S2/c1-9-18-12-4-3-5-13(15(12)22-9)19(2)23(20,21)14-7-6-10(16)8-11(14)17/h6-8,13H,3-5H2,1-2H3. The van der Waals surface area contributed by atoms with Gasteiger partial charge in [-0.15, -0.1) is 11.3 Å². The molecule has 1 aromatic carbocycles. The van der Waals surface area contributed by atoms with E-state index >= 15 is 0 Å². The van der Waals surface area contributed by atoms with Crippen molar-refractivity contribution in [1.29, 1.82) is 0 Å². The highest BCUT2D eigenvalue weighted by atomic mass is 35.5. The highest BCUT2D eigenvalue weighted by Crippen LogP contribution is 2.39. The third kappa shape index (κ3) is 3.03. The molecule has 8 heteroatoms. The Morgan fingerprint density at radius 2 is 2.17 bits per heavy atom. The fourth-order valence-electron chi connectivity index (χ4n) is 2.87. The maximum absolute atomic E-state index is 14.1. The Bertz CT molecular complexity index is 851. The van der Waals surface area contributed by atoms with Gasteiger partial charge in [-0.2, -0.15) is 4.31 Å². The second kappa shape index (κ2) is 6.12. The first-order valence-electron chi connectivity index (χ1n) is 7.20. The van der Waals surface area contributed by atoms with Gasteiger partial charge in [0.1, 0.15) is 10.7 Å². The molecular weight excluding hydrogens is 359 g/mol. The van der Waals surface area contributed by atoms with Crippen LogP contribution >= 0.6 is 22.9 Å². The van der Waals surface area contributed by atoms with Crippen LogP contribution in [0.3, 0.4) is 0 Å². The molecule has 0 fully saturated rings. The second-order valence-electron chi connectivity index (χ2n) is 5.55. The predicted molar refractivity (Wildman–Crippen MR) is 88.9 cm³/mol. The van der Waals surface area contributed by atoms with Crippen molar-refractivity contribution in [2.24, 2.45) is 0 Å². The molecule has 1 aliphatic rings. The topological polar surface area (TPSA) is 50.3 Å². The molecule has 1 aromatic heterocycles. The van der Waals surface area contributed by atoms with Crippen LogP contribution in [0.2, 0.25) is 5.02 Å².